The first-order valence-electron chi connectivity index (χ1n) is 9.57. The van der Waals surface area contributed by atoms with Gasteiger partial charge in [-0.1, -0.05) is 49.9 Å². The lowest BCUT2D eigenvalue weighted by atomic mass is 10.0. The van der Waals surface area contributed by atoms with Gasteiger partial charge in [-0.05, 0) is 18.9 Å². The standard InChI is InChI=1S/C21H29N3O2/c1-26-20-17-11-7-6-10-16(17)19(22)14-18(20)21(25)24-13-12-23-15-8-4-2-3-5-9-15/h6-7,10-11,14-15,23H,2-5,8-9,12-13,22H2,1H3,(H,24,25). The molecule has 4 N–H and O–H groups in total. The Kier molecular flexibility index (Phi) is 6.34. The van der Waals surface area contributed by atoms with Crippen LogP contribution in [-0.2, 0) is 0 Å². The number of ether oxygens (including phenoxy) is 1. The monoisotopic (exact) mass is 355 g/mol. The maximum absolute atomic E-state index is 12.7. The van der Waals surface area contributed by atoms with Crippen molar-refractivity contribution in [3.8, 4) is 5.75 Å². The van der Waals surface area contributed by atoms with Crippen molar-refractivity contribution >= 4 is 22.4 Å². The largest absolute Gasteiger partial charge is 0.495 e. The lowest BCUT2D eigenvalue weighted by Gasteiger charge is -2.17. The quantitative estimate of drug-likeness (QED) is 0.421. The van der Waals surface area contributed by atoms with Gasteiger partial charge in [0.1, 0.15) is 5.75 Å². The van der Waals surface area contributed by atoms with E-state index in [4.69, 9.17) is 10.5 Å². The molecule has 3 rings (SSSR count). The average Bonchev–Trinajstić information content (AvgIpc) is 2.94. The van der Waals surface area contributed by atoms with Crippen LogP contribution in [0.1, 0.15) is 48.9 Å². The number of nitrogens with two attached hydrogens (primary N) is 1. The molecule has 5 heteroatoms. The first-order valence-corrected chi connectivity index (χ1v) is 9.57. The number of anilines is 1. The molecule has 1 fully saturated rings. The van der Waals surface area contributed by atoms with Gasteiger partial charge in [0.15, 0.2) is 0 Å². The summed E-state index contributed by atoms with van der Waals surface area (Å²) >= 11 is 0. The highest BCUT2D eigenvalue weighted by molar-refractivity contribution is 6.07. The molecule has 1 saturated carbocycles. The molecule has 2 aromatic carbocycles. The van der Waals surface area contributed by atoms with Gasteiger partial charge in [-0.3, -0.25) is 4.79 Å². The highest BCUT2D eigenvalue weighted by Gasteiger charge is 2.17. The lowest BCUT2D eigenvalue weighted by Crippen LogP contribution is -2.37. The molecule has 2 aromatic rings. The molecule has 0 spiro atoms. The molecule has 0 unspecified atom stereocenters. The second-order valence-corrected chi connectivity index (χ2v) is 6.99. The molecule has 26 heavy (non-hydrogen) atoms. The fourth-order valence-corrected chi connectivity index (χ4v) is 3.80. The van der Waals surface area contributed by atoms with Gasteiger partial charge in [0.2, 0.25) is 0 Å². The number of hydrogen-bond donors (Lipinski definition) is 3. The summed E-state index contributed by atoms with van der Waals surface area (Å²) in [6.07, 6.45) is 7.78. The average molecular weight is 355 g/mol. The molecule has 0 radical (unpaired) electrons. The third-order valence-electron chi connectivity index (χ3n) is 5.17. The molecule has 1 aliphatic carbocycles. The molecule has 0 saturated heterocycles. The van der Waals surface area contributed by atoms with Crippen LogP contribution in [-0.4, -0.2) is 32.1 Å². The van der Waals surface area contributed by atoms with Crippen LogP contribution in [0.2, 0.25) is 0 Å². The highest BCUT2D eigenvalue weighted by atomic mass is 16.5. The second kappa shape index (κ2) is 8.90. The van der Waals surface area contributed by atoms with Crippen molar-refractivity contribution in [1.29, 1.82) is 0 Å². The predicted octanol–water partition coefficient (Wildman–Crippen LogP) is 3.47. The van der Waals surface area contributed by atoms with Crippen molar-refractivity contribution in [3.05, 3.63) is 35.9 Å². The summed E-state index contributed by atoms with van der Waals surface area (Å²) in [6.45, 7) is 1.37. The van der Waals surface area contributed by atoms with Gasteiger partial charge < -0.3 is 21.1 Å². The topological polar surface area (TPSA) is 76.4 Å². The van der Waals surface area contributed by atoms with Crippen LogP contribution in [0.4, 0.5) is 5.69 Å². The molecule has 0 atom stereocenters. The van der Waals surface area contributed by atoms with Gasteiger partial charge in [0, 0.05) is 35.6 Å². The van der Waals surface area contributed by atoms with Crippen LogP contribution in [0.15, 0.2) is 30.3 Å². The maximum Gasteiger partial charge on any atom is 0.255 e. The van der Waals surface area contributed by atoms with Crippen LogP contribution in [0.5, 0.6) is 5.75 Å². The van der Waals surface area contributed by atoms with Crippen molar-refractivity contribution < 1.29 is 9.53 Å². The summed E-state index contributed by atoms with van der Waals surface area (Å²) in [5.74, 6) is 0.422. The zero-order valence-electron chi connectivity index (χ0n) is 15.5. The van der Waals surface area contributed by atoms with E-state index in [-0.39, 0.29) is 5.91 Å². The van der Waals surface area contributed by atoms with Crippen LogP contribution >= 0.6 is 0 Å². The zero-order valence-corrected chi connectivity index (χ0v) is 15.5. The van der Waals surface area contributed by atoms with Crippen LogP contribution in [0.25, 0.3) is 10.8 Å². The van der Waals surface area contributed by atoms with Crippen molar-refractivity contribution in [2.75, 3.05) is 25.9 Å². The molecule has 5 nitrogen and oxygen atoms in total. The van der Waals surface area contributed by atoms with E-state index in [0.29, 0.717) is 29.6 Å². The summed E-state index contributed by atoms with van der Waals surface area (Å²) in [4.78, 5) is 12.7. The van der Waals surface area contributed by atoms with E-state index in [2.05, 4.69) is 10.6 Å². The Morgan fingerprint density at radius 3 is 2.50 bits per heavy atom. The molecule has 0 aliphatic heterocycles. The van der Waals surface area contributed by atoms with Gasteiger partial charge in [-0.15, -0.1) is 0 Å². The minimum absolute atomic E-state index is 0.151. The van der Waals surface area contributed by atoms with Crippen molar-refractivity contribution in [1.82, 2.24) is 10.6 Å². The smallest absolute Gasteiger partial charge is 0.255 e. The molecule has 0 aromatic heterocycles. The first-order chi connectivity index (χ1) is 12.7. The van der Waals surface area contributed by atoms with E-state index >= 15 is 0 Å². The minimum Gasteiger partial charge on any atom is -0.495 e. The van der Waals surface area contributed by atoms with Gasteiger partial charge in [-0.25, -0.2) is 0 Å². The van der Waals surface area contributed by atoms with E-state index in [9.17, 15) is 4.79 Å². The third kappa shape index (κ3) is 4.28. The number of carbonyl (C=O) groups is 1. The van der Waals surface area contributed by atoms with Crippen molar-refractivity contribution in [3.63, 3.8) is 0 Å². The Morgan fingerprint density at radius 1 is 1.12 bits per heavy atom. The van der Waals surface area contributed by atoms with Crippen LogP contribution in [0.3, 0.4) is 0 Å². The predicted molar refractivity (Wildman–Crippen MR) is 107 cm³/mol. The van der Waals surface area contributed by atoms with Crippen LogP contribution < -0.4 is 21.1 Å². The molecular weight excluding hydrogens is 326 g/mol. The number of methoxy groups -OCH3 is 1. The zero-order chi connectivity index (χ0) is 18.4. The Hall–Kier alpha value is -2.27. The number of nitrogens with one attached hydrogen (secondary N) is 2. The molecule has 140 valence electrons. The number of hydrogen-bond acceptors (Lipinski definition) is 4. The number of carbonyl (C=O) groups excluding carboxylic acids is 1. The van der Waals surface area contributed by atoms with Crippen LogP contribution in [0, 0.1) is 0 Å². The number of fused-ring (bicyclic) bond motifs is 1. The van der Waals surface area contributed by atoms with E-state index in [1.807, 2.05) is 24.3 Å². The van der Waals surface area contributed by atoms with Gasteiger partial charge in [0.25, 0.3) is 5.91 Å². The summed E-state index contributed by atoms with van der Waals surface area (Å²) < 4.78 is 5.52. The van der Waals surface area contributed by atoms with Crippen molar-refractivity contribution in [2.24, 2.45) is 0 Å². The maximum atomic E-state index is 12.7. The summed E-state index contributed by atoms with van der Waals surface area (Å²) in [5, 5.41) is 8.31. The fraction of sp³-hybridized carbons (Fsp3) is 0.476. The molecule has 0 bridgehead atoms. The van der Waals surface area contributed by atoms with Gasteiger partial charge >= 0.3 is 0 Å². The van der Waals surface area contributed by atoms with E-state index in [1.165, 1.54) is 38.5 Å². The van der Waals surface area contributed by atoms with E-state index < -0.39 is 0 Å². The second-order valence-electron chi connectivity index (χ2n) is 6.99. The lowest BCUT2D eigenvalue weighted by molar-refractivity contribution is 0.0950. The van der Waals surface area contributed by atoms with E-state index in [1.54, 1.807) is 13.2 Å². The Bertz CT molecular complexity index is 752. The summed E-state index contributed by atoms with van der Waals surface area (Å²) in [7, 11) is 1.59. The molecule has 1 amide bonds. The van der Waals surface area contributed by atoms with E-state index in [0.717, 1.165) is 17.3 Å². The minimum atomic E-state index is -0.151. The number of rotatable bonds is 6. The number of amides is 1. The SMILES string of the molecule is COc1c(C(=O)NCCNC2CCCCCC2)cc(N)c2ccccc12. The molecule has 1 aliphatic rings. The Balaban J connectivity index is 1.62. The Morgan fingerprint density at radius 2 is 1.81 bits per heavy atom. The summed E-state index contributed by atoms with van der Waals surface area (Å²) in [6, 6.07) is 10.00. The van der Waals surface area contributed by atoms with Gasteiger partial charge in [-0.2, -0.15) is 0 Å². The van der Waals surface area contributed by atoms with Gasteiger partial charge in [0.05, 0.1) is 12.7 Å². The third-order valence-corrected chi connectivity index (χ3v) is 5.17. The van der Waals surface area contributed by atoms with Crippen molar-refractivity contribution in [2.45, 2.75) is 44.6 Å². The number of benzene rings is 2. The molecule has 0 heterocycles. The highest BCUT2D eigenvalue weighted by Crippen LogP contribution is 2.33. The first kappa shape index (κ1) is 18.5. The molecular formula is C21H29N3O2. The summed E-state index contributed by atoms with van der Waals surface area (Å²) in [5.41, 5.74) is 7.21. The fourth-order valence-electron chi connectivity index (χ4n) is 3.80. The Labute approximate surface area is 155 Å². The number of nitrogen functional groups attached to an aromatic ring is 1. The normalized spacial score (nSPS) is 15.6.